The Hall–Kier alpha value is -3.48. The van der Waals surface area contributed by atoms with Gasteiger partial charge in [0.1, 0.15) is 19.0 Å². The minimum Gasteiger partial charge on any atom is -0.497 e. The number of nitrogens with one attached hydrogen (secondary N) is 1. The highest BCUT2D eigenvalue weighted by atomic mass is 16.6. The van der Waals surface area contributed by atoms with Crippen molar-refractivity contribution in [2.75, 3.05) is 25.6 Å². The van der Waals surface area contributed by atoms with Gasteiger partial charge in [0, 0.05) is 30.2 Å². The van der Waals surface area contributed by atoms with E-state index in [4.69, 9.17) is 18.6 Å². The van der Waals surface area contributed by atoms with Crippen LogP contribution in [0.2, 0.25) is 0 Å². The largest absolute Gasteiger partial charge is 0.497 e. The molecular weight excluding hydrogens is 360 g/mol. The molecule has 0 saturated carbocycles. The Morgan fingerprint density at radius 2 is 1.89 bits per heavy atom. The maximum Gasteiger partial charge on any atom is 0.224 e. The molecular formula is C21H20N2O5. The summed E-state index contributed by atoms with van der Waals surface area (Å²) >= 11 is 0. The van der Waals surface area contributed by atoms with E-state index >= 15 is 0 Å². The van der Waals surface area contributed by atoms with Crippen LogP contribution in [0.4, 0.5) is 5.69 Å². The first-order valence-corrected chi connectivity index (χ1v) is 9.00. The third-order valence-electron chi connectivity index (χ3n) is 4.32. The van der Waals surface area contributed by atoms with Crippen molar-refractivity contribution >= 4 is 11.6 Å². The number of aryl methyl sites for hydroxylation is 1. The van der Waals surface area contributed by atoms with Crippen molar-refractivity contribution < 1.29 is 23.4 Å². The smallest absolute Gasteiger partial charge is 0.224 e. The average Bonchev–Trinajstić information content (AvgIpc) is 3.21. The summed E-state index contributed by atoms with van der Waals surface area (Å²) in [5.74, 6) is 3.16. The van der Waals surface area contributed by atoms with Gasteiger partial charge in [0.15, 0.2) is 23.1 Å². The number of carbonyl (C=O) groups is 1. The molecule has 7 heteroatoms. The Labute approximate surface area is 162 Å². The minimum absolute atomic E-state index is 0.124. The molecule has 1 amide bonds. The van der Waals surface area contributed by atoms with Crippen LogP contribution in [0.3, 0.4) is 0 Å². The highest BCUT2D eigenvalue weighted by molar-refractivity contribution is 5.91. The summed E-state index contributed by atoms with van der Waals surface area (Å²) in [6, 6.07) is 12.9. The fourth-order valence-corrected chi connectivity index (χ4v) is 2.88. The average molecular weight is 380 g/mol. The van der Waals surface area contributed by atoms with Crippen molar-refractivity contribution in [1.82, 2.24) is 4.98 Å². The molecule has 0 atom stereocenters. The summed E-state index contributed by atoms with van der Waals surface area (Å²) in [6.45, 7) is 1.04. The number of hydrogen-bond acceptors (Lipinski definition) is 6. The Kier molecular flexibility index (Phi) is 5.14. The lowest BCUT2D eigenvalue weighted by molar-refractivity contribution is -0.116. The molecule has 1 aliphatic heterocycles. The number of rotatable bonds is 6. The van der Waals surface area contributed by atoms with E-state index in [9.17, 15) is 4.79 Å². The first-order chi connectivity index (χ1) is 13.7. The van der Waals surface area contributed by atoms with Gasteiger partial charge < -0.3 is 23.9 Å². The summed E-state index contributed by atoms with van der Waals surface area (Å²) in [6.07, 6.45) is 2.33. The molecule has 0 saturated heterocycles. The van der Waals surface area contributed by atoms with Crippen LogP contribution < -0.4 is 19.5 Å². The van der Waals surface area contributed by atoms with Gasteiger partial charge in [-0.2, -0.15) is 0 Å². The van der Waals surface area contributed by atoms with Gasteiger partial charge in [0.05, 0.1) is 13.3 Å². The van der Waals surface area contributed by atoms with Crippen LogP contribution >= 0.6 is 0 Å². The molecule has 2 aromatic carbocycles. The van der Waals surface area contributed by atoms with E-state index < -0.39 is 0 Å². The second-order valence-corrected chi connectivity index (χ2v) is 6.25. The zero-order valence-electron chi connectivity index (χ0n) is 15.4. The van der Waals surface area contributed by atoms with Gasteiger partial charge in [-0.15, -0.1) is 0 Å². The number of aromatic nitrogens is 1. The van der Waals surface area contributed by atoms with E-state index in [1.165, 1.54) is 0 Å². The molecule has 1 N–H and O–H groups in total. The van der Waals surface area contributed by atoms with E-state index in [1.807, 2.05) is 24.3 Å². The second-order valence-electron chi connectivity index (χ2n) is 6.25. The van der Waals surface area contributed by atoms with Crippen molar-refractivity contribution in [3.05, 3.63) is 54.6 Å². The van der Waals surface area contributed by atoms with Crippen molar-refractivity contribution in [2.45, 2.75) is 12.8 Å². The Morgan fingerprint density at radius 1 is 1.11 bits per heavy atom. The van der Waals surface area contributed by atoms with Crippen molar-refractivity contribution in [2.24, 2.45) is 0 Å². The predicted octanol–water partition coefficient (Wildman–Crippen LogP) is 3.69. The molecule has 0 bridgehead atoms. The van der Waals surface area contributed by atoms with Gasteiger partial charge in [-0.1, -0.05) is 0 Å². The van der Waals surface area contributed by atoms with Gasteiger partial charge >= 0.3 is 0 Å². The van der Waals surface area contributed by atoms with Crippen molar-refractivity contribution in [3.63, 3.8) is 0 Å². The van der Waals surface area contributed by atoms with Gasteiger partial charge in [-0.3, -0.25) is 4.79 Å². The quantitative estimate of drug-likeness (QED) is 0.702. The highest BCUT2D eigenvalue weighted by Gasteiger charge is 2.14. The molecule has 28 heavy (non-hydrogen) atoms. The molecule has 0 spiro atoms. The Balaban J connectivity index is 1.33. The number of carbonyl (C=O) groups excluding carboxylic acids is 1. The lowest BCUT2D eigenvalue weighted by Gasteiger charge is -2.18. The Bertz CT molecular complexity index is 965. The molecule has 7 nitrogen and oxygen atoms in total. The number of anilines is 1. The van der Waals surface area contributed by atoms with Crippen LogP contribution in [0, 0.1) is 0 Å². The lowest BCUT2D eigenvalue weighted by Crippen LogP contribution is -2.16. The first kappa shape index (κ1) is 17.9. The number of methoxy groups -OCH3 is 1. The molecule has 0 radical (unpaired) electrons. The summed E-state index contributed by atoms with van der Waals surface area (Å²) in [4.78, 5) is 16.5. The zero-order valence-corrected chi connectivity index (χ0v) is 15.4. The molecule has 1 aliphatic rings. The third-order valence-corrected chi connectivity index (χ3v) is 4.32. The van der Waals surface area contributed by atoms with Crippen LogP contribution in [0.25, 0.3) is 11.3 Å². The number of benzene rings is 2. The number of hydrogen-bond donors (Lipinski definition) is 1. The monoisotopic (exact) mass is 380 g/mol. The van der Waals surface area contributed by atoms with Gasteiger partial charge in [0.25, 0.3) is 0 Å². The van der Waals surface area contributed by atoms with Crippen LogP contribution in [0.1, 0.15) is 12.3 Å². The van der Waals surface area contributed by atoms with E-state index in [1.54, 1.807) is 31.5 Å². The molecule has 144 valence electrons. The zero-order chi connectivity index (χ0) is 19.3. The minimum atomic E-state index is -0.124. The van der Waals surface area contributed by atoms with E-state index in [2.05, 4.69) is 10.3 Å². The predicted molar refractivity (Wildman–Crippen MR) is 103 cm³/mol. The van der Waals surface area contributed by atoms with Crippen molar-refractivity contribution in [1.29, 1.82) is 0 Å². The van der Waals surface area contributed by atoms with Gasteiger partial charge in [0.2, 0.25) is 5.91 Å². The third kappa shape index (κ3) is 4.09. The number of nitrogens with zero attached hydrogens (tertiary/aromatic N) is 1. The standard InChI is InChI=1S/C21H20N2O5/c1-25-16-5-2-14(3-6-16)19-13-22-21(28-19)9-8-20(24)23-15-4-7-17-18(12-15)27-11-10-26-17/h2-7,12-13H,8-11H2,1H3,(H,23,24). The van der Waals surface area contributed by atoms with E-state index in [-0.39, 0.29) is 12.3 Å². The fraction of sp³-hybridized carbons (Fsp3) is 0.238. The molecule has 0 aliphatic carbocycles. The summed E-state index contributed by atoms with van der Waals surface area (Å²) in [5, 5.41) is 2.86. The number of fused-ring (bicyclic) bond motifs is 1. The maximum atomic E-state index is 12.2. The SMILES string of the molecule is COc1ccc(-c2cnc(CCC(=O)Nc3ccc4c(c3)OCCO4)o2)cc1. The topological polar surface area (TPSA) is 82.8 Å². The molecule has 1 aromatic heterocycles. The first-order valence-electron chi connectivity index (χ1n) is 9.00. The normalized spacial score (nSPS) is 12.5. The molecule has 3 aromatic rings. The maximum absolute atomic E-state index is 12.2. The van der Waals surface area contributed by atoms with Crippen LogP contribution in [0.15, 0.2) is 53.1 Å². The molecule has 4 rings (SSSR count). The summed E-state index contributed by atoms with van der Waals surface area (Å²) in [7, 11) is 1.62. The van der Waals surface area contributed by atoms with Crippen molar-refractivity contribution in [3.8, 4) is 28.6 Å². The molecule has 2 heterocycles. The lowest BCUT2D eigenvalue weighted by atomic mass is 10.2. The molecule has 0 unspecified atom stereocenters. The second kappa shape index (κ2) is 8.04. The van der Waals surface area contributed by atoms with Crippen LogP contribution in [0.5, 0.6) is 17.2 Å². The van der Waals surface area contributed by atoms with Crippen LogP contribution in [-0.2, 0) is 11.2 Å². The van der Waals surface area contributed by atoms with E-state index in [0.29, 0.717) is 48.5 Å². The molecule has 0 fully saturated rings. The van der Waals surface area contributed by atoms with Crippen LogP contribution in [-0.4, -0.2) is 31.2 Å². The number of amides is 1. The number of oxazole rings is 1. The summed E-state index contributed by atoms with van der Waals surface area (Å²) < 4.78 is 21.9. The Morgan fingerprint density at radius 3 is 2.68 bits per heavy atom. The van der Waals surface area contributed by atoms with Gasteiger partial charge in [-0.25, -0.2) is 4.98 Å². The highest BCUT2D eigenvalue weighted by Crippen LogP contribution is 2.32. The number of ether oxygens (including phenoxy) is 3. The van der Waals surface area contributed by atoms with E-state index in [0.717, 1.165) is 11.3 Å². The van der Waals surface area contributed by atoms with Gasteiger partial charge in [-0.05, 0) is 36.4 Å². The summed E-state index contributed by atoms with van der Waals surface area (Å²) in [5.41, 5.74) is 1.57. The fourth-order valence-electron chi connectivity index (χ4n) is 2.88.